The lowest BCUT2D eigenvalue weighted by Gasteiger charge is -2.40. The zero-order valence-electron chi connectivity index (χ0n) is 13.2. The van der Waals surface area contributed by atoms with E-state index in [1.165, 1.54) is 0 Å². The van der Waals surface area contributed by atoms with Gasteiger partial charge in [-0.1, -0.05) is 0 Å². The van der Waals surface area contributed by atoms with Crippen LogP contribution in [0.3, 0.4) is 0 Å². The Morgan fingerprint density at radius 3 is 2.29 bits per heavy atom. The molecule has 0 aromatic rings. The van der Waals surface area contributed by atoms with Crippen molar-refractivity contribution in [3.05, 3.63) is 0 Å². The number of hydrogen-bond acceptors (Lipinski definition) is 5. The monoisotopic (exact) mass is 323 g/mol. The lowest BCUT2D eigenvalue weighted by molar-refractivity contribution is 0.0697. The number of carbonyl (C=O) groups is 1. The third-order valence-electron chi connectivity index (χ3n) is 3.04. The molecule has 21 heavy (non-hydrogen) atoms. The molecule has 1 N–H and O–H groups in total. The van der Waals surface area contributed by atoms with E-state index in [2.05, 4.69) is 0 Å². The first kappa shape index (κ1) is 18.4. The van der Waals surface area contributed by atoms with Crippen molar-refractivity contribution >= 4 is 13.8 Å². The maximum absolute atomic E-state index is 13.0. The van der Waals surface area contributed by atoms with Gasteiger partial charge in [0.25, 0.3) is 0 Å². The average molecular weight is 323 g/mol. The molecule has 0 bridgehead atoms. The second kappa shape index (κ2) is 8.10. The molecule has 1 aliphatic heterocycles. The summed E-state index contributed by atoms with van der Waals surface area (Å²) in [5, 5.41) is 8.64. The van der Waals surface area contributed by atoms with Gasteiger partial charge in [-0.25, -0.2) is 14.1 Å². The van der Waals surface area contributed by atoms with Crippen LogP contribution < -0.4 is 0 Å². The molecule has 1 fully saturated rings. The van der Waals surface area contributed by atoms with Crippen molar-refractivity contribution in [2.45, 2.75) is 20.0 Å². The molecule has 1 amide bonds. The predicted molar refractivity (Wildman–Crippen MR) is 79.1 cm³/mol. The minimum absolute atomic E-state index is 0.00824. The summed E-state index contributed by atoms with van der Waals surface area (Å²) in [5.41, 5.74) is 0. The van der Waals surface area contributed by atoms with Gasteiger partial charge < -0.3 is 19.3 Å². The van der Waals surface area contributed by atoms with Gasteiger partial charge in [0, 0.05) is 26.2 Å². The van der Waals surface area contributed by atoms with Crippen molar-refractivity contribution in [3.8, 4) is 0 Å². The van der Waals surface area contributed by atoms with Gasteiger partial charge in [-0.3, -0.25) is 4.57 Å². The van der Waals surface area contributed by atoms with E-state index in [-0.39, 0.29) is 19.3 Å². The van der Waals surface area contributed by atoms with Gasteiger partial charge in [-0.15, -0.1) is 0 Å². The van der Waals surface area contributed by atoms with E-state index in [4.69, 9.17) is 14.4 Å². The van der Waals surface area contributed by atoms with Crippen molar-refractivity contribution in [3.63, 3.8) is 0 Å². The lowest BCUT2D eigenvalue weighted by Crippen LogP contribution is -2.49. The lowest BCUT2D eigenvalue weighted by atomic mass is 10.4. The number of aliphatic hydroxyl groups excluding tert-OH is 1. The number of hydrogen-bond donors (Lipinski definition) is 1. The standard InChI is InChI=1S/C12H26N3O5P/c1-11(2)20-21(18,13(3)4)15-7-5-14(6-8-15)12(17)19-10-9-16/h11,16H,5-10H2,1-4H3. The third kappa shape index (κ3) is 4.93. The third-order valence-corrected chi connectivity index (χ3v) is 5.86. The smallest absolute Gasteiger partial charge is 0.409 e. The van der Waals surface area contributed by atoms with E-state index >= 15 is 0 Å². The van der Waals surface area contributed by atoms with Crippen LogP contribution in [0, 0.1) is 0 Å². The van der Waals surface area contributed by atoms with E-state index in [0.29, 0.717) is 26.2 Å². The zero-order chi connectivity index (χ0) is 16.0. The molecule has 8 nitrogen and oxygen atoms in total. The topological polar surface area (TPSA) is 82.6 Å². The Kier molecular flexibility index (Phi) is 7.09. The molecule has 0 spiro atoms. The summed E-state index contributed by atoms with van der Waals surface area (Å²) in [6.07, 6.45) is -0.598. The van der Waals surface area contributed by atoms with Crippen LogP contribution in [0.15, 0.2) is 0 Å². The fourth-order valence-corrected chi connectivity index (χ4v) is 4.11. The van der Waals surface area contributed by atoms with E-state index < -0.39 is 13.8 Å². The predicted octanol–water partition coefficient (Wildman–Crippen LogP) is 0.828. The molecule has 1 atom stereocenters. The Morgan fingerprint density at radius 2 is 1.86 bits per heavy atom. The van der Waals surface area contributed by atoms with Crippen molar-refractivity contribution in [2.75, 3.05) is 53.5 Å². The second-order valence-corrected chi connectivity index (χ2v) is 7.83. The Morgan fingerprint density at radius 1 is 1.29 bits per heavy atom. The second-order valence-electron chi connectivity index (χ2n) is 5.27. The number of aliphatic hydroxyl groups is 1. The quantitative estimate of drug-likeness (QED) is 0.725. The molecule has 0 aliphatic carbocycles. The van der Waals surface area contributed by atoms with Crippen LogP contribution in [0.1, 0.15) is 13.8 Å². The number of piperazine rings is 1. The van der Waals surface area contributed by atoms with Crippen LogP contribution in [-0.2, 0) is 13.8 Å². The van der Waals surface area contributed by atoms with E-state index in [1.54, 1.807) is 28.3 Å². The SMILES string of the molecule is CC(C)OP(=O)(N(C)C)N1CCN(C(=O)OCCO)CC1. The molecule has 124 valence electrons. The Bertz CT molecular complexity index is 383. The van der Waals surface area contributed by atoms with Gasteiger partial charge in [0.05, 0.1) is 12.7 Å². The van der Waals surface area contributed by atoms with Crippen molar-refractivity contribution < 1.29 is 23.7 Å². The van der Waals surface area contributed by atoms with Crippen LogP contribution >= 0.6 is 7.67 Å². The summed E-state index contributed by atoms with van der Waals surface area (Å²) < 4.78 is 26.9. The highest BCUT2D eigenvalue weighted by Crippen LogP contribution is 2.53. The van der Waals surface area contributed by atoms with Gasteiger partial charge >= 0.3 is 13.8 Å². The molecular formula is C12H26N3O5P. The van der Waals surface area contributed by atoms with Crippen LogP contribution in [0.2, 0.25) is 0 Å². The summed E-state index contributed by atoms with van der Waals surface area (Å²) in [5.74, 6) is 0. The van der Waals surface area contributed by atoms with Crippen molar-refractivity contribution in [1.29, 1.82) is 0 Å². The van der Waals surface area contributed by atoms with Crippen molar-refractivity contribution in [1.82, 2.24) is 14.2 Å². The first-order chi connectivity index (χ1) is 9.81. The van der Waals surface area contributed by atoms with Crippen LogP contribution in [-0.4, -0.2) is 85.0 Å². The Balaban J connectivity index is 2.61. The molecule has 0 aromatic carbocycles. The first-order valence-electron chi connectivity index (χ1n) is 7.05. The summed E-state index contributed by atoms with van der Waals surface area (Å²) in [6, 6.07) is 0. The molecule has 0 radical (unpaired) electrons. The fraction of sp³-hybridized carbons (Fsp3) is 0.917. The molecular weight excluding hydrogens is 297 g/mol. The number of carbonyl (C=O) groups excluding carboxylic acids is 1. The van der Waals surface area contributed by atoms with Gasteiger partial charge in [-0.05, 0) is 27.9 Å². The van der Waals surface area contributed by atoms with Crippen LogP contribution in [0.25, 0.3) is 0 Å². The van der Waals surface area contributed by atoms with E-state index in [9.17, 15) is 9.36 Å². The first-order valence-corrected chi connectivity index (χ1v) is 8.58. The number of rotatable bonds is 6. The highest BCUT2D eigenvalue weighted by Gasteiger charge is 2.38. The maximum atomic E-state index is 13.0. The highest BCUT2D eigenvalue weighted by atomic mass is 31.2. The summed E-state index contributed by atoms with van der Waals surface area (Å²) in [4.78, 5) is 13.2. The molecule has 0 aromatic heterocycles. The minimum Gasteiger partial charge on any atom is -0.447 e. The molecule has 1 rings (SSSR count). The van der Waals surface area contributed by atoms with Crippen molar-refractivity contribution in [2.24, 2.45) is 0 Å². The maximum Gasteiger partial charge on any atom is 0.409 e. The molecule has 0 saturated carbocycles. The molecule has 1 saturated heterocycles. The normalized spacial score (nSPS) is 19.9. The Labute approximate surface area is 126 Å². The highest BCUT2D eigenvalue weighted by molar-refractivity contribution is 7.53. The van der Waals surface area contributed by atoms with Gasteiger partial charge in [0.2, 0.25) is 0 Å². The molecule has 9 heteroatoms. The molecule has 1 heterocycles. The molecule has 1 unspecified atom stereocenters. The van der Waals surface area contributed by atoms with Crippen LogP contribution in [0.5, 0.6) is 0 Å². The number of amides is 1. The van der Waals surface area contributed by atoms with E-state index in [1.807, 2.05) is 13.8 Å². The van der Waals surface area contributed by atoms with Crippen LogP contribution in [0.4, 0.5) is 4.79 Å². The summed E-state index contributed by atoms with van der Waals surface area (Å²) in [6.45, 7) is 5.24. The Hall–Kier alpha value is -0.660. The number of nitrogens with zero attached hydrogens (tertiary/aromatic N) is 3. The van der Waals surface area contributed by atoms with Gasteiger partial charge in [0.15, 0.2) is 0 Å². The average Bonchev–Trinajstić information content (AvgIpc) is 2.43. The minimum atomic E-state index is -3.05. The summed E-state index contributed by atoms with van der Waals surface area (Å²) >= 11 is 0. The molecule has 1 aliphatic rings. The largest absolute Gasteiger partial charge is 0.447 e. The fourth-order valence-electron chi connectivity index (χ4n) is 2.04. The number of ether oxygens (including phenoxy) is 1. The summed E-state index contributed by atoms with van der Waals surface area (Å²) in [7, 11) is 0.402. The van der Waals surface area contributed by atoms with Gasteiger partial charge in [0.1, 0.15) is 6.61 Å². The zero-order valence-corrected chi connectivity index (χ0v) is 14.1. The van der Waals surface area contributed by atoms with Gasteiger partial charge in [-0.2, -0.15) is 0 Å². The van der Waals surface area contributed by atoms with E-state index in [0.717, 1.165) is 0 Å².